The monoisotopic (exact) mass is 344 g/mol. The quantitative estimate of drug-likeness (QED) is 0.347. The van der Waals surface area contributed by atoms with E-state index in [-0.39, 0.29) is 19.4 Å². The van der Waals surface area contributed by atoms with Crippen LogP contribution in [0.15, 0.2) is 6.07 Å². The Kier molecular flexibility index (Phi) is 4.80. The molecule has 6 heteroatoms. The number of carbonyl (C=O) groups is 2. The van der Waals surface area contributed by atoms with Gasteiger partial charge in [-0.15, -0.1) is 6.42 Å². The van der Waals surface area contributed by atoms with Crippen molar-refractivity contribution in [3.8, 4) is 12.3 Å². The van der Waals surface area contributed by atoms with Gasteiger partial charge < -0.3 is 18.9 Å². The Bertz CT molecular complexity index is 742. The molecule has 0 spiro atoms. The van der Waals surface area contributed by atoms with E-state index >= 15 is 0 Å². The highest BCUT2D eigenvalue weighted by Gasteiger charge is 2.54. The molecular formula is C19H20O6. The van der Waals surface area contributed by atoms with Crippen LogP contribution in [0.2, 0.25) is 0 Å². The molecule has 0 atom stereocenters. The van der Waals surface area contributed by atoms with E-state index in [1.807, 2.05) is 6.07 Å². The maximum atomic E-state index is 12.5. The van der Waals surface area contributed by atoms with Crippen LogP contribution in [0.3, 0.4) is 0 Å². The third-order valence-corrected chi connectivity index (χ3v) is 4.91. The number of carbonyl (C=O) groups excluding carboxylic acids is 2. The fourth-order valence-corrected chi connectivity index (χ4v) is 3.74. The van der Waals surface area contributed by atoms with Crippen LogP contribution in [0.5, 0.6) is 0 Å². The molecule has 1 aliphatic carbocycles. The van der Waals surface area contributed by atoms with Gasteiger partial charge >= 0.3 is 11.9 Å². The average Bonchev–Trinajstić information content (AvgIpc) is 3.25. The zero-order valence-electron chi connectivity index (χ0n) is 14.3. The molecule has 0 N–H and O–H groups in total. The van der Waals surface area contributed by atoms with Crippen molar-refractivity contribution in [3.05, 3.63) is 33.9 Å². The van der Waals surface area contributed by atoms with E-state index in [0.29, 0.717) is 19.8 Å². The van der Waals surface area contributed by atoms with Gasteiger partial charge in [0.2, 0.25) is 0 Å². The molecule has 0 radical (unpaired) electrons. The first-order valence-corrected chi connectivity index (χ1v) is 7.98. The lowest BCUT2D eigenvalue weighted by Gasteiger charge is -2.22. The van der Waals surface area contributed by atoms with Gasteiger partial charge in [0.05, 0.1) is 34.0 Å². The largest absolute Gasteiger partial charge is 0.468 e. The van der Waals surface area contributed by atoms with Gasteiger partial charge in [-0.05, 0) is 27.8 Å². The van der Waals surface area contributed by atoms with Crippen molar-refractivity contribution in [2.24, 2.45) is 5.41 Å². The average molecular weight is 344 g/mol. The minimum Gasteiger partial charge on any atom is -0.468 e. The number of methoxy groups -OCH3 is 2. The van der Waals surface area contributed by atoms with Gasteiger partial charge in [-0.1, -0.05) is 12.0 Å². The standard InChI is InChI=1S/C19H20O6/c1-4-5-24-9-12-6-13-10-25-11-16(13)15-8-19(7-14(12)15,17(20)22-2)18(21)23-3/h1,6H,5,7-11H2,2-3H3. The zero-order chi connectivity index (χ0) is 18.0. The summed E-state index contributed by atoms with van der Waals surface area (Å²) >= 11 is 0. The Morgan fingerprint density at radius 2 is 1.84 bits per heavy atom. The first-order chi connectivity index (χ1) is 12.1. The minimum absolute atomic E-state index is 0.196. The van der Waals surface area contributed by atoms with Crippen LogP contribution < -0.4 is 0 Å². The van der Waals surface area contributed by atoms with Crippen LogP contribution in [0.4, 0.5) is 0 Å². The molecule has 1 aromatic carbocycles. The van der Waals surface area contributed by atoms with Crippen LogP contribution in [0.1, 0.15) is 27.8 Å². The number of esters is 2. The van der Waals surface area contributed by atoms with Gasteiger partial charge in [0.25, 0.3) is 0 Å². The van der Waals surface area contributed by atoms with Crippen molar-refractivity contribution in [1.29, 1.82) is 0 Å². The minimum atomic E-state index is -1.36. The highest BCUT2D eigenvalue weighted by Crippen LogP contribution is 2.44. The molecule has 0 fully saturated rings. The second-order valence-electron chi connectivity index (χ2n) is 6.24. The van der Waals surface area contributed by atoms with Gasteiger partial charge in [-0.2, -0.15) is 0 Å². The van der Waals surface area contributed by atoms with Gasteiger partial charge in [-0.25, -0.2) is 0 Å². The summed E-state index contributed by atoms with van der Waals surface area (Å²) in [5.74, 6) is 1.26. The fraction of sp³-hybridized carbons (Fsp3) is 0.474. The molecule has 1 heterocycles. The van der Waals surface area contributed by atoms with Crippen LogP contribution in [-0.2, 0) is 61.2 Å². The maximum Gasteiger partial charge on any atom is 0.323 e. The molecule has 132 valence electrons. The molecule has 0 unspecified atom stereocenters. The molecule has 0 aromatic heterocycles. The fourth-order valence-electron chi connectivity index (χ4n) is 3.74. The van der Waals surface area contributed by atoms with Crippen LogP contribution in [-0.4, -0.2) is 32.8 Å². The summed E-state index contributed by atoms with van der Waals surface area (Å²) in [7, 11) is 2.56. The molecule has 0 bridgehead atoms. The third kappa shape index (κ3) is 2.80. The third-order valence-electron chi connectivity index (χ3n) is 4.91. The van der Waals surface area contributed by atoms with E-state index in [2.05, 4.69) is 5.92 Å². The number of hydrogen-bond donors (Lipinski definition) is 0. The van der Waals surface area contributed by atoms with Crippen molar-refractivity contribution in [1.82, 2.24) is 0 Å². The van der Waals surface area contributed by atoms with Gasteiger partial charge in [0, 0.05) is 12.8 Å². The summed E-state index contributed by atoms with van der Waals surface area (Å²) in [6.07, 6.45) is 5.71. The number of terminal acetylenes is 1. The number of benzene rings is 1. The highest BCUT2D eigenvalue weighted by atomic mass is 16.5. The Morgan fingerprint density at radius 3 is 2.48 bits per heavy atom. The van der Waals surface area contributed by atoms with Crippen molar-refractivity contribution in [3.63, 3.8) is 0 Å². The number of rotatable bonds is 5. The Morgan fingerprint density at radius 1 is 1.16 bits per heavy atom. The first-order valence-electron chi connectivity index (χ1n) is 7.98. The van der Waals surface area contributed by atoms with Crippen molar-refractivity contribution in [2.75, 3.05) is 20.8 Å². The van der Waals surface area contributed by atoms with E-state index in [9.17, 15) is 9.59 Å². The molecular weight excluding hydrogens is 324 g/mol. The number of ether oxygens (including phenoxy) is 4. The Hall–Kier alpha value is -2.36. The molecule has 1 aliphatic heterocycles. The van der Waals surface area contributed by atoms with Gasteiger partial charge in [-0.3, -0.25) is 9.59 Å². The summed E-state index contributed by atoms with van der Waals surface area (Å²) in [5.41, 5.74) is 3.56. The Balaban J connectivity index is 2.06. The van der Waals surface area contributed by atoms with E-state index in [1.54, 1.807) is 0 Å². The van der Waals surface area contributed by atoms with Crippen molar-refractivity contribution in [2.45, 2.75) is 32.7 Å². The van der Waals surface area contributed by atoms with Crippen LogP contribution >= 0.6 is 0 Å². The normalized spacial score (nSPS) is 16.7. The molecule has 6 nitrogen and oxygen atoms in total. The summed E-state index contributed by atoms with van der Waals surface area (Å²) in [6.45, 7) is 1.50. The van der Waals surface area contributed by atoms with E-state index < -0.39 is 17.4 Å². The second kappa shape index (κ2) is 6.87. The van der Waals surface area contributed by atoms with Crippen molar-refractivity contribution >= 4 is 11.9 Å². The van der Waals surface area contributed by atoms with Crippen LogP contribution in [0.25, 0.3) is 0 Å². The molecule has 0 amide bonds. The SMILES string of the molecule is C#CCOCc1cc2c(c3c1CC(C(=O)OC)(C(=O)OC)C3)COC2. The first kappa shape index (κ1) is 17.5. The van der Waals surface area contributed by atoms with Crippen LogP contribution in [0, 0.1) is 17.8 Å². The number of fused-ring (bicyclic) bond motifs is 3. The second-order valence-corrected chi connectivity index (χ2v) is 6.24. The highest BCUT2D eigenvalue weighted by molar-refractivity contribution is 6.01. The molecule has 0 saturated heterocycles. The lowest BCUT2D eigenvalue weighted by molar-refractivity contribution is -0.168. The van der Waals surface area contributed by atoms with Gasteiger partial charge in [0.1, 0.15) is 6.61 Å². The van der Waals surface area contributed by atoms with E-state index in [4.69, 9.17) is 25.4 Å². The van der Waals surface area contributed by atoms with Crippen molar-refractivity contribution < 1.29 is 28.5 Å². The molecule has 0 saturated carbocycles. The lowest BCUT2D eigenvalue weighted by Crippen LogP contribution is -2.42. The van der Waals surface area contributed by atoms with Gasteiger partial charge in [0.15, 0.2) is 5.41 Å². The summed E-state index contributed by atoms with van der Waals surface area (Å²) < 4.78 is 20.9. The predicted octanol–water partition coefficient (Wildman–Crippen LogP) is 1.30. The lowest BCUT2D eigenvalue weighted by atomic mass is 9.84. The molecule has 2 aliphatic rings. The maximum absolute atomic E-state index is 12.5. The number of hydrogen-bond acceptors (Lipinski definition) is 6. The smallest absolute Gasteiger partial charge is 0.323 e. The molecule has 3 rings (SSSR count). The molecule has 1 aromatic rings. The summed E-state index contributed by atoms with van der Waals surface area (Å²) in [6, 6.07) is 2.02. The zero-order valence-corrected chi connectivity index (χ0v) is 14.3. The molecule has 25 heavy (non-hydrogen) atoms. The Labute approximate surface area is 146 Å². The topological polar surface area (TPSA) is 71.1 Å². The summed E-state index contributed by atoms with van der Waals surface area (Å²) in [5, 5.41) is 0. The van der Waals surface area contributed by atoms with E-state index in [1.165, 1.54) is 14.2 Å². The predicted molar refractivity (Wildman–Crippen MR) is 87.3 cm³/mol. The summed E-state index contributed by atoms with van der Waals surface area (Å²) in [4.78, 5) is 24.9. The van der Waals surface area contributed by atoms with E-state index in [0.717, 1.165) is 27.8 Å².